The molecular weight excluding hydrogens is 580 g/mol. The van der Waals surface area contributed by atoms with Crippen molar-refractivity contribution >= 4 is 17.7 Å². The first-order valence-electron chi connectivity index (χ1n) is 15.6. The van der Waals surface area contributed by atoms with Crippen molar-refractivity contribution in [1.82, 2.24) is 9.88 Å². The van der Waals surface area contributed by atoms with E-state index in [-0.39, 0.29) is 42.3 Å². The predicted octanol–water partition coefficient (Wildman–Crippen LogP) is 6.05. The second-order valence-corrected chi connectivity index (χ2v) is 11.7. The van der Waals surface area contributed by atoms with Crippen LogP contribution in [0.5, 0.6) is 5.75 Å². The zero-order valence-corrected chi connectivity index (χ0v) is 26.2. The van der Waals surface area contributed by atoms with E-state index in [4.69, 9.17) is 19.2 Å². The number of carbonyl (C=O) groups excluding carboxylic acids is 2. The molecular formula is C35H41F2N3O5. The van der Waals surface area contributed by atoms with Crippen molar-refractivity contribution in [3.8, 4) is 17.0 Å². The average molecular weight is 622 g/mol. The first-order valence-corrected chi connectivity index (χ1v) is 15.6. The molecule has 0 radical (unpaired) electrons. The molecule has 8 nitrogen and oxygen atoms in total. The van der Waals surface area contributed by atoms with E-state index in [2.05, 4.69) is 17.0 Å². The molecule has 2 fully saturated rings. The minimum Gasteiger partial charge on any atom is -0.485 e. The van der Waals surface area contributed by atoms with Crippen molar-refractivity contribution in [3.05, 3.63) is 76.9 Å². The lowest BCUT2D eigenvalue weighted by Gasteiger charge is -2.32. The van der Waals surface area contributed by atoms with E-state index >= 15 is 4.39 Å². The van der Waals surface area contributed by atoms with E-state index < -0.39 is 11.6 Å². The highest BCUT2D eigenvalue weighted by Crippen LogP contribution is 2.35. The topological polar surface area (TPSA) is 81.2 Å². The van der Waals surface area contributed by atoms with Crippen LogP contribution >= 0.6 is 0 Å². The van der Waals surface area contributed by atoms with Crippen molar-refractivity contribution in [2.75, 3.05) is 51.4 Å². The number of amides is 1. The number of likely N-dealkylation sites (tertiary alicyclic amines) is 1. The van der Waals surface area contributed by atoms with Crippen molar-refractivity contribution in [2.45, 2.75) is 52.1 Å². The normalized spacial score (nSPS) is 16.1. The SMILES string of the molecule is CCOC(=O)C1CCN(c2cccc(-c3cc(F)cc(F)c3OCc3ccc(C4CCN(C(=O)COC)CC4)cc3C)n2)CC1. The van der Waals surface area contributed by atoms with E-state index in [0.29, 0.717) is 63.1 Å². The number of aryl methyl sites for hydroxylation is 1. The molecule has 0 unspecified atom stereocenters. The third kappa shape index (κ3) is 7.79. The van der Waals surface area contributed by atoms with Crippen LogP contribution in [0.15, 0.2) is 48.5 Å². The van der Waals surface area contributed by atoms with E-state index in [0.717, 1.165) is 30.0 Å². The van der Waals surface area contributed by atoms with Crippen LogP contribution in [0.1, 0.15) is 55.2 Å². The number of carbonyl (C=O) groups is 2. The molecule has 0 aliphatic carbocycles. The highest BCUT2D eigenvalue weighted by atomic mass is 19.1. The van der Waals surface area contributed by atoms with Crippen LogP contribution in [0.25, 0.3) is 11.3 Å². The molecule has 0 N–H and O–H groups in total. The summed E-state index contributed by atoms with van der Waals surface area (Å²) < 4.78 is 45.9. The van der Waals surface area contributed by atoms with Gasteiger partial charge in [0.2, 0.25) is 5.91 Å². The molecule has 2 aliphatic heterocycles. The molecule has 2 aromatic carbocycles. The number of nitrogens with zero attached hydrogens (tertiary/aromatic N) is 3. The molecule has 0 atom stereocenters. The van der Waals surface area contributed by atoms with Gasteiger partial charge >= 0.3 is 5.97 Å². The van der Waals surface area contributed by atoms with Crippen LogP contribution in [0.4, 0.5) is 14.6 Å². The lowest BCUT2D eigenvalue weighted by atomic mass is 9.88. The molecule has 3 heterocycles. The van der Waals surface area contributed by atoms with Crippen molar-refractivity contribution < 1.29 is 32.6 Å². The summed E-state index contributed by atoms with van der Waals surface area (Å²) in [6.45, 7) is 7.02. The third-order valence-electron chi connectivity index (χ3n) is 8.78. The monoisotopic (exact) mass is 621 g/mol. The number of anilines is 1. The Balaban J connectivity index is 1.27. The van der Waals surface area contributed by atoms with Gasteiger partial charge in [-0.25, -0.2) is 13.8 Å². The van der Waals surface area contributed by atoms with Crippen LogP contribution in [-0.4, -0.2) is 68.3 Å². The average Bonchev–Trinajstić information content (AvgIpc) is 3.05. The van der Waals surface area contributed by atoms with Gasteiger partial charge in [0.05, 0.1) is 18.2 Å². The summed E-state index contributed by atoms with van der Waals surface area (Å²) in [6.07, 6.45) is 3.06. The Kier molecular flexibility index (Phi) is 10.7. The molecule has 0 saturated carbocycles. The lowest BCUT2D eigenvalue weighted by Crippen LogP contribution is -2.39. The van der Waals surface area contributed by atoms with Crippen LogP contribution in [-0.2, 0) is 25.7 Å². The first-order chi connectivity index (χ1) is 21.8. The number of rotatable bonds is 10. The molecule has 5 rings (SSSR count). The number of hydrogen-bond donors (Lipinski definition) is 0. The second kappa shape index (κ2) is 14.8. The molecule has 240 valence electrons. The van der Waals surface area contributed by atoms with Crippen LogP contribution in [0.2, 0.25) is 0 Å². The van der Waals surface area contributed by atoms with E-state index in [1.54, 1.807) is 13.0 Å². The van der Waals surface area contributed by atoms with Gasteiger partial charge in [0, 0.05) is 44.9 Å². The predicted molar refractivity (Wildman–Crippen MR) is 167 cm³/mol. The van der Waals surface area contributed by atoms with Crippen LogP contribution in [0.3, 0.4) is 0 Å². The number of pyridine rings is 1. The van der Waals surface area contributed by atoms with Gasteiger partial charge in [-0.05, 0) is 80.3 Å². The molecule has 0 bridgehead atoms. The minimum atomic E-state index is -0.795. The zero-order chi connectivity index (χ0) is 31.9. The molecule has 1 amide bonds. The molecule has 10 heteroatoms. The van der Waals surface area contributed by atoms with E-state index in [9.17, 15) is 14.0 Å². The molecule has 2 saturated heterocycles. The van der Waals surface area contributed by atoms with Gasteiger partial charge in [0.1, 0.15) is 24.8 Å². The Bertz CT molecular complexity index is 1500. The summed E-state index contributed by atoms with van der Waals surface area (Å²) >= 11 is 0. The van der Waals surface area contributed by atoms with E-state index in [1.165, 1.54) is 18.7 Å². The third-order valence-corrected chi connectivity index (χ3v) is 8.78. The fraction of sp³-hybridized carbons (Fsp3) is 0.457. The number of esters is 1. The zero-order valence-electron chi connectivity index (χ0n) is 26.2. The summed E-state index contributed by atoms with van der Waals surface area (Å²) in [5.41, 5.74) is 3.75. The standard InChI is InChI=1S/C35H41F2N3O5/c1-4-44-35(42)25-12-14-39(15-13-25)32-7-5-6-31(38-32)29-19-28(36)20-30(37)34(29)45-21-27-9-8-26(18-23(27)2)24-10-16-40(17-11-24)33(41)22-43-3/h5-9,18-20,24-25H,4,10-17,21-22H2,1-3H3. The smallest absolute Gasteiger partial charge is 0.309 e. The summed E-state index contributed by atoms with van der Waals surface area (Å²) in [5.74, 6) is -0.833. The van der Waals surface area contributed by atoms with Gasteiger partial charge in [0.25, 0.3) is 0 Å². The number of ether oxygens (including phenoxy) is 3. The summed E-state index contributed by atoms with van der Waals surface area (Å²) in [5, 5.41) is 0. The summed E-state index contributed by atoms with van der Waals surface area (Å²) in [4.78, 5) is 33.0. The minimum absolute atomic E-state index is 0.0182. The van der Waals surface area contributed by atoms with Crippen molar-refractivity contribution in [1.29, 1.82) is 0 Å². The molecule has 3 aromatic rings. The van der Waals surface area contributed by atoms with Gasteiger partial charge in [-0.15, -0.1) is 0 Å². The van der Waals surface area contributed by atoms with Crippen molar-refractivity contribution in [3.63, 3.8) is 0 Å². The summed E-state index contributed by atoms with van der Waals surface area (Å²) in [6, 6.07) is 13.6. The molecule has 2 aliphatic rings. The van der Waals surface area contributed by atoms with Gasteiger partial charge in [-0.1, -0.05) is 24.3 Å². The Labute approximate surface area is 263 Å². The first kappa shape index (κ1) is 32.3. The number of piperidine rings is 2. The number of halogens is 2. The molecule has 0 spiro atoms. The maximum atomic E-state index is 15.2. The fourth-order valence-corrected chi connectivity index (χ4v) is 6.21. The number of benzene rings is 2. The second-order valence-electron chi connectivity index (χ2n) is 11.7. The van der Waals surface area contributed by atoms with E-state index in [1.807, 2.05) is 30.0 Å². The number of hydrogen-bond acceptors (Lipinski definition) is 7. The lowest BCUT2D eigenvalue weighted by molar-refractivity contribution is -0.148. The maximum absolute atomic E-state index is 15.2. The van der Waals surface area contributed by atoms with Crippen LogP contribution in [0, 0.1) is 24.5 Å². The number of aromatic nitrogens is 1. The Hall–Kier alpha value is -4.05. The molecule has 1 aromatic heterocycles. The largest absolute Gasteiger partial charge is 0.485 e. The summed E-state index contributed by atoms with van der Waals surface area (Å²) in [7, 11) is 1.53. The highest BCUT2D eigenvalue weighted by molar-refractivity contribution is 5.77. The van der Waals surface area contributed by atoms with Crippen molar-refractivity contribution in [2.24, 2.45) is 5.92 Å². The number of methoxy groups -OCH3 is 1. The van der Waals surface area contributed by atoms with Gasteiger partial charge in [-0.3, -0.25) is 9.59 Å². The van der Waals surface area contributed by atoms with Gasteiger partial charge in [-0.2, -0.15) is 0 Å². The highest BCUT2D eigenvalue weighted by Gasteiger charge is 2.27. The Morgan fingerprint density at radius 3 is 2.42 bits per heavy atom. The molecule has 45 heavy (non-hydrogen) atoms. The quantitative estimate of drug-likeness (QED) is 0.255. The van der Waals surface area contributed by atoms with Crippen LogP contribution < -0.4 is 9.64 Å². The van der Waals surface area contributed by atoms with Gasteiger partial charge < -0.3 is 24.0 Å². The maximum Gasteiger partial charge on any atom is 0.309 e. The fourth-order valence-electron chi connectivity index (χ4n) is 6.21. The van der Waals surface area contributed by atoms with Gasteiger partial charge in [0.15, 0.2) is 11.6 Å². The Morgan fingerprint density at radius 1 is 0.978 bits per heavy atom. The Morgan fingerprint density at radius 2 is 1.73 bits per heavy atom.